The molecule has 0 aliphatic heterocycles. The van der Waals surface area contributed by atoms with Crippen molar-refractivity contribution >= 4 is 26.0 Å². The van der Waals surface area contributed by atoms with E-state index in [1.54, 1.807) is 24.3 Å². The minimum absolute atomic E-state index is 0.0357. The molecule has 3 rings (SSSR count). The summed E-state index contributed by atoms with van der Waals surface area (Å²) >= 11 is 5.98. The number of hydrogen-bond donors (Lipinski definition) is 2. The molecule has 8 heteroatoms. The zero-order chi connectivity index (χ0) is 27.2. The number of hydrogen-bond acceptors (Lipinski definition) is 4. The Morgan fingerprint density at radius 1 is 0.973 bits per heavy atom. The lowest BCUT2D eigenvalue weighted by Gasteiger charge is -2.36. The summed E-state index contributed by atoms with van der Waals surface area (Å²) in [5.74, 6) is 2.24. The van der Waals surface area contributed by atoms with Crippen LogP contribution in [0.3, 0.4) is 0 Å². The molecule has 0 aliphatic carbocycles. The highest BCUT2D eigenvalue weighted by Gasteiger charge is 2.38. The number of aliphatic hydroxyl groups is 1. The van der Waals surface area contributed by atoms with Gasteiger partial charge in [0.05, 0.1) is 12.6 Å². The highest BCUT2D eigenvalue weighted by Crippen LogP contribution is 2.37. The molecule has 0 aliphatic rings. The van der Waals surface area contributed by atoms with Crippen LogP contribution in [0.2, 0.25) is 23.2 Å². The van der Waals surface area contributed by atoms with Gasteiger partial charge >= 0.3 is 6.09 Å². The highest BCUT2D eigenvalue weighted by atomic mass is 35.5. The van der Waals surface area contributed by atoms with Crippen molar-refractivity contribution in [3.05, 3.63) is 88.9 Å². The predicted octanol–water partition coefficient (Wildman–Crippen LogP) is 7.77. The smallest absolute Gasteiger partial charge is 0.407 e. The number of benzene rings is 3. The van der Waals surface area contributed by atoms with Crippen molar-refractivity contribution in [3.63, 3.8) is 0 Å². The van der Waals surface area contributed by atoms with Crippen LogP contribution in [-0.2, 0) is 6.42 Å². The Hall–Kier alpha value is -3.00. The number of halogens is 1. The summed E-state index contributed by atoms with van der Waals surface area (Å²) in [6.07, 6.45) is -1.53. The summed E-state index contributed by atoms with van der Waals surface area (Å²) in [6.45, 7) is 11.3. The third kappa shape index (κ3) is 8.25. The van der Waals surface area contributed by atoms with Crippen molar-refractivity contribution in [1.29, 1.82) is 0 Å². The third-order valence-corrected chi connectivity index (χ3v) is 11.3. The number of rotatable bonds is 10. The molecule has 0 aromatic heterocycles. The quantitative estimate of drug-likeness (QED) is 0.256. The van der Waals surface area contributed by atoms with Gasteiger partial charge in [-0.1, -0.05) is 56.6 Å². The maximum Gasteiger partial charge on any atom is 0.407 e. The fourth-order valence-electron chi connectivity index (χ4n) is 3.44. The Morgan fingerprint density at radius 2 is 1.54 bits per heavy atom. The van der Waals surface area contributed by atoms with E-state index in [9.17, 15) is 15.0 Å². The van der Waals surface area contributed by atoms with Crippen LogP contribution in [0.15, 0.2) is 72.8 Å². The first-order valence-corrected chi connectivity index (χ1v) is 15.6. The zero-order valence-corrected chi connectivity index (χ0v) is 23.8. The summed E-state index contributed by atoms with van der Waals surface area (Å²) in [5, 5.41) is 20.7. The van der Waals surface area contributed by atoms with E-state index in [4.69, 9.17) is 20.8 Å². The second-order valence-electron chi connectivity index (χ2n) is 10.6. The lowest BCUT2D eigenvalue weighted by atomic mass is 10.1. The first kappa shape index (κ1) is 28.6. The second-order valence-corrected chi connectivity index (χ2v) is 15.8. The molecule has 3 aromatic carbocycles. The van der Waals surface area contributed by atoms with Gasteiger partial charge in [-0.05, 0) is 84.2 Å². The molecular weight excluding hydrogens is 506 g/mol. The van der Waals surface area contributed by atoms with Crippen LogP contribution >= 0.6 is 11.6 Å². The van der Waals surface area contributed by atoms with E-state index in [-0.39, 0.29) is 18.1 Å². The van der Waals surface area contributed by atoms with Gasteiger partial charge < -0.3 is 24.3 Å². The van der Waals surface area contributed by atoms with Crippen molar-refractivity contribution in [2.45, 2.75) is 51.4 Å². The van der Waals surface area contributed by atoms with Crippen molar-refractivity contribution in [3.8, 4) is 17.2 Å². The highest BCUT2D eigenvalue weighted by molar-refractivity contribution is 6.74. The molecule has 2 N–H and O–H groups in total. The van der Waals surface area contributed by atoms with Gasteiger partial charge in [0.1, 0.15) is 17.2 Å². The molecule has 1 atom stereocenters. The first-order chi connectivity index (χ1) is 17.3. The number of amides is 1. The van der Waals surface area contributed by atoms with Crippen LogP contribution in [0.1, 0.15) is 38.0 Å². The molecule has 0 bridgehead atoms. The van der Waals surface area contributed by atoms with Crippen LogP contribution in [0.5, 0.6) is 17.2 Å². The van der Waals surface area contributed by atoms with Crippen LogP contribution < -0.4 is 9.16 Å². The molecule has 1 amide bonds. The average Bonchev–Trinajstić information content (AvgIpc) is 2.82. The van der Waals surface area contributed by atoms with Crippen LogP contribution in [0, 0.1) is 0 Å². The minimum Gasteiger partial charge on any atom is -0.543 e. The van der Waals surface area contributed by atoms with E-state index in [1.807, 2.05) is 48.5 Å². The largest absolute Gasteiger partial charge is 0.543 e. The van der Waals surface area contributed by atoms with Crippen LogP contribution in [-0.4, -0.2) is 42.6 Å². The second kappa shape index (κ2) is 12.0. The lowest BCUT2D eigenvalue weighted by molar-refractivity contribution is 0.0973. The van der Waals surface area contributed by atoms with Gasteiger partial charge in [0.25, 0.3) is 0 Å². The molecule has 0 fully saturated rings. The van der Waals surface area contributed by atoms with Gasteiger partial charge in [0.15, 0.2) is 0 Å². The predicted molar refractivity (Wildman–Crippen MR) is 150 cm³/mol. The molecular formula is C29H36ClNO5Si. The number of nitrogens with zero attached hydrogens (tertiary/aromatic N) is 1. The molecule has 198 valence electrons. The SMILES string of the molecule is CC(C)(C)[Si](C)(C)Oc1ccc(Oc2ccc(CCN(C[C@@H](O)c3cccc(Cl)c3)C(=O)O)cc2)cc1. The average molecular weight is 542 g/mol. The monoisotopic (exact) mass is 541 g/mol. The van der Waals surface area contributed by atoms with Gasteiger partial charge in [0, 0.05) is 11.6 Å². The zero-order valence-electron chi connectivity index (χ0n) is 22.1. The Balaban J connectivity index is 1.54. The molecule has 6 nitrogen and oxygen atoms in total. The molecule has 0 unspecified atom stereocenters. The van der Waals surface area contributed by atoms with E-state index in [2.05, 4.69) is 33.9 Å². The summed E-state index contributed by atoms with van der Waals surface area (Å²) in [5.41, 5.74) is 1.55. The molecule has 0 saturated heterocycles. The summed E-state index contributed by atoms with van der Waals surface area (Å²) in [4.78, 5) is 12.9. The van der Waals surface area contributed by atoms with Gasteiger partial charge in [-0.2, -0.15) is 0 Å². The Labute approximate surface area is 225 Å². The van der Waals surface area contributed by atoms with E-state index in [0.29, 0.717) is 28.5 Å². The molecule has 0 heterocycles. The molecule has 37 heavy (non-hydrogen) atoms. The van der Waals surface area contributed by atoms with E-state index >= 15 is 0 Å². The molecule has 0 radical (unpaired) electrons. The summed E-state index contributed by atoms with van der Waals surface area (Å²) in [7, 11) is -1.90. The number of ether oxygens (including phenoxy) is 1. The van der Waals surface area contributed by atoms with E-state index in [1.165, 1.54) is 4.90 Å². The summed E-state index contributed by atoms with van der Waals surface area (Å²) in [6, 6.07) is 22.0. The molecule has 3 aromatic rings. The Morgan fingerprint density at radius 3 is 2.08 bits per heavy atom. The standard InChI is InChI=1S/C29H36ClNO5Si/c1-29(2,3)37(4,5)36-26-15-13-25(14-16-26)35-24-11-9-21(10-12-24)17-18-31(28(33)34)20-27(32)22-7-6-8-23(30)19-22/h6-16,19,27,32H,17-18,20H2,1-5H3,(H,33,34)/t27-/m1/s1. The maximum atomic E-state index is 11.7. The van der Waals surface area contributed by atoms with Crippen LogP contribution in [0.25, 0.3) is 0 Å². The number of aliphatic hydroxyl groups excluding tert-OH is 1. The van der Waals surface area contributed by atoms with Crippen molar-refractivity contribution < 1.29 is 24.2 Å². The minimum atomic E-state index is -1.90. The van der Waals surface area contributed by atoms with Gasteiger partial charge in [-0.3, -0.25) is 0 Å². The van der Waals surface area contributed by atoms with E-state index in [0.717, 1.165) is 11.3 Å². The van der Waals surface area contributed by atoms with Gasteiger partial charge in [-0.25, -0.2) is 4.79 Å². The summed E-state index contributed by atoms with van der Waals surface area (Å²) < 4.78 is 12.3. The fourth-order valence-corrected chi connectivity index (χ4v) is 4.67. The molecule has 0 saturated carbocycles. The van der Waals surface area contributed by atoms with Crippen molar-refractivity contribution in [2.75, 3.05) is 13.1 Å². The fraction of sp³-hybridized carbons (Fsp3) is 0.345. The van der Waals surface area contributed by atoms with Crippen molar-refractivity contribution in [1.82, 2.24) is 4.90 Å². The van der Waals surface area contributed by atoms with Crippen LogP contribution in [0.4, 0.5) is 4.79 Å². The number of carboxylic acid groups (broad SMARTS) is 1. The Kier molecular flexibility index (Phi) is 9.29. The van der Waals surface area contributed by atoms with Gasteiger partial charge in [-0.15, -0.1) is 0 Å². The number of carbonyl (C=O) groups is 1. The maximum absolute atomic E-state index is 11.7. The third-order valence-electron chi connectivity index (χ3n) is 6.73. The normalized spacial score (nSPS) is 12.6. The molecule has 0 spiro atoms. The first-order valence-electron chi connectivity index (χ1n) is 12.3. The van der Waals surface area contributed by atoms with E-state index < -0.39 is 20.5 Å². The topological polar surface area (TPSA) is 79.2 Å². The lowest BCUT2D eigenvalue weighted by Crippen LogP contribution is -2.43. The van der Waals surface area contributed by atoms with Crippen molar-refractivity contribution in [2.24, 2.45) is 0 Å². The Bertz CT molecular complexity index is 1180. The van der Waals surface area contributed by atoms with Gasteiger partial charge in [0.2, 0.25) is 8.32 Å².